The van der Waals surface area contributed by atoms with E-state index in [1.807, 2.05) is 42.2 Å². The molecule has 1 saturated heterocycles. The van der Waals surface area contributed by atoms with Crippen molar-refractivity contribution in [3.63, 3.8) is 0 Å². The molecule has 0 unspecified atom stereocenters. The Morgan fingerprint density at radius 2 is 2.09 bits per heavy atom. The molecule has 1 aromatic carbocycles. The summed E-state index contributed by atoms with van der Waals surface area (Å²) in [6, 6.07) is 16.3. The molecule has 32 heavy (non-hydrogen) atoms. The van der Waals surface area contributed by atoms with Gasteiger partial charge in [-0.1, -0.05) is 32.0 Å². The van der Waals surface area contributed by atoms with Crippen molar-refractivity contribution in [2.45, 2.75) is 40.0 Å². The van der Waals surface area contributed by atoms with Gasteiger partial charge in [-0.3, -0.25) is 19.7 Å². The largest absolute Gasteiger partial charge is 0.366 e. The Balaban J connectivity index is 1.46. The van der Waals surface area contributed by atoms with E-state index in [-0.39, 0.29) is 5.91 Å². The van der Waals surface area contributed by atoms with E-state index in [0.29, 0.717) is 32.2 Å². The highest BCUT2D eigenvalue weighted by Gasteiger charge is 2.31. The molecule has 168 valence electrons. The van der Waals surface area contributed by atoms with Crippen molar-refractivity contribution in [3.05, 3.63) is 71.7 Å². The molecule has 0 N–H and O–H groups in total. The Kier molecular flexibility index (Phi) is 7.12. The summed E-state index contributed by atoms with van der Waals surface area (Å²) in [4.78, 5) is 26.7. The van der Waals surface area contributed by atoms with E-state index in [2.05, 4.69) is 46.9 Å². The Hall–Kier alpha value is -2.83. The molecule has 0 radical (unpaired) electrons. The third-order valence-corrected chi connectivity index (χ3v) is 5.70. The van der Waals surface area contributed by atoms with Crippen LogP contribution in [0.3, 0.4) is 0 Å². The zero-order valence-corrected chi connectivity index (χ0v) is 19.2. The third-order valence-electron chi connectivity index (χ3n) is 5.70. The lowest BCUT2D eigenvalue weighted by atomic mass is 10.1. The van der Waals surface area contributed by atoms with Crippen LogP contribution in [0.1, 0.15) is 30.8 Å². The number of pyridine rings is 2. The summed E-state index contributed by atoms with van der Waals surface area (Å²) in [5.74, 6) is 0.434. The van der Waals surface area contributed by atoms with Gasteiger partial charge in [0, 0.05) is 50.0 Å². The van der Waals surface area contributed by atoms with Gasteiger partial charge < -0.3 is 9.64 Å². The number of morpholine rings is 1. The number of aryl methyl sites for hydroxylation is 1. The molecule has 1 aliphatic heterocycles. The highest BCUT2D eigenvalue weighted by Crippen LogP contribution is 2.18. The first-order chi connectivity index (χ1) is 15.5. The minimum atomic E-state index is -0.450. The first kappa shape index (κ1) is 22.4. The second kappa shape index (κ2) is 10.2. The van der Waals surface area contributed by atoms with E-state index in [1.165, 1.54) is 0 Å². The molecular formula is C26H32N4O2. The van der Waals surface area contributed by atoms with E-state index < -0.39 is 6.10 Å². The second-order valence-electron chi connectivity index (χ2n) is 9.01. The quantitative estimate of drug-likeness (QED) is 0.568. The predicted molar refractivity (Wildman–Crippen MR) is 126 cm³/mol. The molecule has 3 aromatic rings. The smallest absolute Gasteiger partial charge is 0.253 e. The molecular weight excluding hydrogens is 400 g/mol. The first-order valence-corrected chi connectivity index (χ1v) is 11.4. The number of ether oxygens (including phenoxy) is 1. The summed E-state index contributed by atoms with van der Waals surface area (Å²) in [5, 5.41) is 1.09. The number of amides is 1. The standard InChI is InChI=1S/C26H32N4O2/c1-19(2)15-30(16-21-9-10-24-22(14-21)7-5-11-27-24)26(31)25-18-29(12-13-32-25)17-23-8-4-6-20(3)28-23/h4-11,14,19,25H,12-13,15-18H2,1-3H3/t25-/m1/s1. The second-order valence-corrected chi connectivity index (χ2v) is 9.01. The number of nitrogens with zero attached hydrogens (tertiary/aromatic N) is 4. The number of carbonyl (C=O) groups excluding carboxylic acids is 1. The Morgan fingerprint density at radius 1 is 1.22 bits per heavy atom. The molecule has 0 aliphatic carbocycles. The number of hydrogen-bond acceptors (Lipinski definition) is 5. The minimum Gasteiger partial charge on any atom is -0.366 e. The first-order valence-electron chi connectivity index (χ1n) is 11.4. The summed E-state index contributed by atoms with van der Waals surface area (Å²) in [5.41, 5.74) is 4.11. The van der Waals surface area contributed by atoms with E-state index in [9.17, 15) is 4.79 Å². The van der Waals surface area contributed by atoms with Crippen LogP contribution in [0.4, 0.5) is 0 Å². The monoisotopic (exact) mass is 432 g/mol. The fourth-order valence-corrected chi connectivity index (χ4v) is 4.23. The number of hydrogen-bond donors (Lipinski definition) is 0. The van der Waals surface area contributed by atoms with E-state index >= 15 is 0 Å². The van der Waals surface area contributed by atoms with Gasteiger partial charge in [-0.2, -0.15) is 0 Å². The van der Waals surface area contributed by atoms with E-state index in [0.717, 1.165) is 40.9 Å². The van der Waals surface area contributed by atoms with Gasteiger partial charge in [0.05, 0.1) is 17.8 Å². The third kappa shape index (κ3) is 5.69. The number of aromatic nitrogens is 2. The summed E-state index contributed by atoms with van der Waals surface area (Å²) < 4.78 is 5.94. The van der Waals surface area contributed by atoms with Crippen molar-refractivity contribution < 1.29 is 9.53 Å². The summed E-state index contributed by atoms with van der Waals surface area (Å²) in [6.45, 7) is 10.2. The maximum atomic E-state index is 13.5. The lowest BCUT2D eigenvalue weighted by Gasteiger charge is -2.35. The van der Waals surface area contributed by atoms with Crippen molar-refractivity contribution in [2.75, 3.05) is 26.2 Å². The van der Waals surface area contributed by atoms with Gasteiger partial charge in [0.15, 0.2) is 0 Å². The van der Waals surface area contributed by atoms with Crippen molar-refractivity contribution >= 4 is 16.8 Å². The average Bonchev–Trinajstić information content (AvgIpc) is 2.78. The highest BCUT2D eigenvalue weighted by atomic mass is 16.5. The van der Waals surface area contributed by atoms with Crippen LogP contribution < -0.4 is 0 Å². The molecule has 0 spiro atoms. The molecule has 2 aromatic heterocycles. The van der Waals surface area contributed by atoms with Gasteiger partial charge in [0.2, 0.25) is 0 Å². The molecule has 6 nitrogen and oxygen atoms in total. The molecule has 0 saturated carbocycles. The molecule has 1 fully saturated rings. The Labute approximate surface area is 190 Å². The molecule has 1 aliphatic rings. The van der Waals surface area contributed by atoms with Gasteiger partial charge in [0.25, 0.3) is 5.91 Å². The summed E-state index contributed by atoms with van der Waals surface area (Å²) in [6.07, 6.45) is 1.35. The van der Waals surface area contributed by atoms with Gasteiger partial charge in [-0.05, 0) is 48.7 Å². The van der Waals surface area contributed by atoms with Gasteiger partial charge in [0.1, 0.15) is 6.10 Å². The molecule has 4 rings (SSSR count). The number of rotatable bonds is 7. The fraction of sp³-hybridized carbons (Fsp3) is 0.423. The van der Waals surface area contributed by atoms with E-state index in [4.69, 9.17) is 4.74 Å². The van der Waals surface area contributed by atoms with Crippen LogP contribution in [0.2, 0.25) is 0 Å². The van der Waals surface area contributed by atoms with Crippen LogP contribution >= 0.6 is 0 Å². The van der Waals surface area contributed by atoms with Crippen molar-refractivity contribution in [2.24, 2.45) is 5.92 Å². The summed E-state index contributed by atoms with van der Waals surface area (Å²) in [7, 11) is 0. The van der Waals surface area contributed by atoms with Gasteiger partial charge in [-0.15, -0.1) is 0 Å². The topological polar surface area (TPSA) is 58.6 Å². The lowest BCUT2D eigenvalue weighted by molar-refractivity contribution is -0.151. The molecule has 3 heterocycles. The number of carbonyl (C=O) groups is 1. The average molecular weight is 433 g/mol. The minimum absolute atomic E-state index is 0.0619. The van der Waals surface area contributed by atoms with Crippen LogP contribution in [0.25, 0.3) is 10.9 Å². The fourth-order valence-electron chi connectivity index (χ4n) is 4.23. The van der Waals surface area contributed by atoms with Crippen LogP contribution in [0.15, 0.2) is 54.7 Å². The molecule has 1 amide bonds. The van der Waals surface area contributed by atoms with Crippen LogP contribution in [0, 0.1) is 12.8 Å². The van der Waals surface area contributed by atoms with Gasteiger partial charge in [-0.25, -0.2) is 0 Å². The van der Waals surface area contributed by atoms with E-state index in [1.54, 1.807) is 6.20 Å². The number of benzene rings is 1. The maximum Gasteiger partial charge on any atom is 0.253 e. The van der Waals surface area contributed by atoms with Crippen molar-refractivity contribution in [1.82, 2.24) is 19.8 Å². The highest BCUT2D eigenvalue weighted by molar-refractivity contribution is 5.82. The van der Waals surface area contributed by atoms with Gasteiger partial charge >= 0.3 is 0 Å². The molecule has 0 bridgehead atoms. The zero-order valence-electron chi connectivity index (χ0n) is 19.2. The normalized spacial score (nSPS) is 17.1. The Bertz CT molecular complexity index is 1070. The van der Waals surface area contributed by atoms with Crippen molar-refractivity contribution in [1.29, 1.82) is 0 Å². The molecule has 1 atom stereocenters. The lowest BCUT2D eigenvalue weighted by Crippen LogP contribution is -2.51. The SMILES string of the molecule is Cc1cccc(CN2CCO[C@@H](C(=O)N(Cc3ccc4ncccc4c3)CC(C)C)C2)n1. The zero-order chi connectivity index (χ0) is 22.5. The van der Waals surface area contributed by atoms with Crippen LogP contribution in [-0.2, 0) is 22.6 Å². The maximum absolute atomic E-state index is 13.5. The number of fused-ring (bicyclic) bond motifs is 1. The predicted octanol–water partition coefficient (Wildman–Crippen LogP) is 3.82. The summed E-state index contributed by atoms with van der Waals surface area (Å²) >= 11 is 0. The van der Waals surface area contributed by atoms with Crippen molar-refractivity contribution in [3.8, 4) is 0 Å². The van der Waals surface area contributed by atoms with Crippen LogP contribution in [-0.4, -0.2) is 58.0 Å². The molecule has 6 heteroatoms. The Morgan fingerprint density at radius 3 is 2.91 bits per heavy atom. The van der Waals surface area contributed by atoms with Crippen LogP contribution in [0.5, 0.6) is 0 Å².